The molecule has 5 N–H and O–H groups in total. The van der Waals surface area contributed by atoms with E-state index in [9.17, 15) is 14.7 Å². The lowest BCUT2D eigenvalue weighted by Gasteiger charge is -2.29. The highest BCUT2D eigenvalue weighted by Gasteiger charge is 2.32. The Morgan fingerprint density at radius 2 is 1.65 bits per heavy atom. The van der Waals surface area contributed by atoms with Crippen LogP contribution in [0.25, 0.3) is 0 Å². The van der Waals surface area contributed by atoms with Crippen LogP contribution in [-0.2, 0) is 9.53 Å². The van der Waals surface area contributed by atoms with E-state index >= 15 is 0 Å². The molecule has 0 aliphatic carbocycles. The fourth-order valence-electron chi connectivity index (χ4n) is 4.22. The molecule has 2 amide bonds. The van der Waals surface area contributed by atoms with Gasteiger partial charge in [0.25, 0.3) is 0 Å². The molecule has 4 aromatic rings. The van der Waals surface area contributed by atoms with Gasteiger partial charge in [-0.15, -0.1) is 0 Å². The van der Waals surface area contributed by atoms with Crippen molar-refractivity contribution in [2.24, 2.45) is 0 Å². The van der Waals surface area contributed by atoms with Gasteiger partial charge in [-0.3, -0.25) is 10.1 Å². The van der Waals surface area contributed by atoms with Crippen LogP contribution in [0.4, 0.5) is 21.9 Å². The van der Waals surface area contributed by atoms with Gasteiger partial charge >= 0.3 is 6.09 Å². The molecule has 0 aliphatic rings. The van der Waals surface area contributed by atoms with Gasteiger partial charge in [-0.05, 0) is 90.3 Å². The summed E-state index contributed by atoms with van der Waals surface area (Å²) in [7, 11) is 0. The number of benzene rings is 4. The molecule has 0 heterocycles. The van der Waals surface area contributed by atoms with E-state index in [0.29, 0.717) is 50.2 Å². The molecule has 0 aliphatic heterocycles. The summed E-state index contributed by atoms with van der Waals surface area (Å²) in [5.41, 5.74) is 8.85. The molecule has 2 atom stereocenters. The second kappa shape index (κ2) is 15.3. The van der Waals surface area contributed by atoms with Crippen molar-refractivity contribution in [3.05, 3.63) is 123 Å². The van der Waals surface area contributed by atoms with Crippen LogP contribution in [0.3, 0.4) is 0 Å². The first kappa shape index (κ1) is 31.7. The van der Waals surface area contributed by atoms with Crippen LogP contribution < -0.4 is 21.1 Å². The van der Waals surface area contributed by atoms with Gasteiger partial charge in [0.05, 0.1) is 15.8 Å². The summed E-state index contributed by atoms with van der Waals surface area (Å²) >= 11 is 6.85. The molecule has 43 heavy (non-hydrogen) atoms. The van der Waals surface area contributed by atoms with Gasteiger partial charge in [-0.2, -0.15) is 0 Å². The number of hydrogen-bond acceptors (Lipinski definition) is 6. The minimum absolute atomic E-state index is 0.0895. The molecule has 8 nitrogen and oxygen atoms in total. The number of anilines is 3. The summed E-state index contributed by atoms with van der Waals surface area (Å²) in [6.07, 6.45) is 1.33. The van der Waals surface area contributed by atoms with E-state index in [2.05, 4.69) is 42.5 Å². The third-order valence-corrected chi connectivity index (χ3v) is 7.43. The van der Waals surface area contributed by atoms with E-state index in [-0.39, 0.29) is 11.7 Å². The number of nitrogen functional groups attached to an aromatic ring is 1. The third-order valence-electron chi connectivity index (χ3n) is 6.37. The molecule has 0 unspecified atom stereocenters. The number of carbonyl (C=O) groups is 2. The zero-order valence-electron chi connectivity index (χ0n) is 23.3. The number of hydrogen-bond donors (Lipinski definition) is 4. The van der Waals surface area contributed by atoms with Crippen LogP contribution in [0.2, 0.25) is 0 Å². The van der Waals surface area contributed by atoms with Crippen molar-refractivity contribution >= 4 is 60.9 Å². The number of ether oxygens (including phenoxy) is 2. The predicted molar refractivity (Wildman–Crippen MR) is 176 cm³/mol. The second-order valence-corrected chi connectivity index (χ2v) is 11.4. The minimum Gasteiger partial charge on any atom is -0.506 e. The summed E-state index contributed by atoms with van der Waals surface area (Å²) < 4.78 is 13.4. The van der Waals surface area contributed by atoms with Gasteiger partial charge in [0.15, 0.2) is 6.10 Å². The first-order valence-electron chi connectivity index (χ1n) is 13.5. The summed E-state index contributed by atoms with van der Waals surface area (Å²) in [6, 6.07) is 26.8. The Kier molecular flexibility index (Phi) is 11.2. The van der Waals surface area contributed by atoms with E-state index in [1.165, 1.54) is 6.08 Å². The number of phenols is 1. The largest absolute Gasteiger partial charge is 0.506 e. The molecule has 222 valence electrons. The first-order valence-corrected chi connectivity index (χ1v) is 15.0. The Morgan fingerprint density at radius 1 is 0.953 bits per heavy atom. The maximum absolute atomic E-state index is 13.2. The number of phenolic OH excluding ortho intramolecular Hbond substituents is 1. The molecule has 0 bridgehead atoms. The van der Waals surface area contributed by atoms with Crippen LogP contribution in [-0.4, -0.2) is 23.2 Å². The molecule has 0 spiro atoms. The number of para-hydroxylation sites is 3. The average Bonchev–Trinajstić information content (AvgIpc) is 2.98. The van der Waals surface area contributed by atoms with E-state index in [0.717, 1.165) is 5.56 Å². The summed E-state index contributed by atoms with van der Waals surface area (Å²) in [6.45, 7) is 1.95. The molecule has 0 fully saturated rings. The van der Waals surface area contributed by atoms with Crippen LogP contribution in [0.15, 0.2) is 112 Å². The number of aromatic hydroxyl groups is 1. The van der Waals surface area contributed by atoms with Gasteiger partial charge in [0, 0.05) is 15.7 Å². The quantitative estimate of drug-likeness (QED) is 0.0915. The van der Waals surface area contributed by atoms with Crippen molar-refractivity contribution in [1.82, 2.24) is 0 Å². The lowest BCUT2D eigenvalue weighted by atomic mass is 9.99. The number of rotatable bonds is 11. The first-order chi connectivity index (χ1) is 20.7. The number of carbonyl (C=O) groups excluding carboxylic acids is 2. The molecule has 4 rings (SSSR count). The molecule has 0 saturated carbocycles. The van der Waals surface area contributed by atoms with Crippen LogP contribution in [0, 0.1) is 6.92 Å². The van der Waals surface area contributed by atoms with E-state index in [4.69, 9.17) is 15.2 Å². The molecule has 0 aromatic heterocycles. The Morgan fingerprint density at radius 3 is 2.37 bits per heavy atom. The fourth-order valence-corrected chi connectivity index (χ4v) is 5.48. The Hall–Kier alpha value is -4.28. The topological polar surface area (TPSA) is 123 Å². The highest BCUT2D eigenvalue weighted by Crippen LogP contribution is 2.40. The van der Waals surface area contributed by atoms with Gasteiger partial charge in [0.1, 0.15) is 17.6 Å². The average molecular weight is 709 g/mol. The SMILES string of the molecule is Cc1ccc(NC(=O)O[C@@H](c2cc(Br)cc(Br)c2O)[C@H](CC/C=C/C(=O)Nc2ccccc2N)Oc2ccccc2)cc1. The zero-order valence-corrected chi connectivity index (χ0v) is 26.5. The zero-order chi connectivity index (χ0) is 30.8. The molecule has 0 radical (unpaired) electrons. The fraction of sp³-hybridized carbons (Fsp3) is 0.152. The predicted octanol–water partition coefficient (Wildman–Crippen LogP) is 8.52. The van der Waals surface area contributed by atoms with E-state index in [1.54, 1.807) is 66.7 Å². The molecule has 4 aromatic carbocycles. The summed E-state index contributed by atoms with van der Waals surface area (Å²) in [5, 5.41) is 16.5. The monoisotopic (exact) mass is 707 g/mol. The lowest BCUT2D eigenvalue weighted by molar-refractivity contribution is -0.111. The molecule has 10 heteroatoms. The van der Waals surface area contributed by atoms with E-state index in [1.807, 2.05) is 37.3 Å². The Bertz CT molecular complexity index is 1580. The van der Waals surface area contributed by atoms with Crippen LogP contribution in [0.1, 0.15) is 30.1 Å². The Balaban J connectivity index is 1.59. The highest BCUT2D eigenvalue weighted by molar-refractivity contribution is 9.11. The normalized spacial score (nSPS) is 12.3. The maximum atomic E-state index is 13.2. The van der Waals surface area contributed by atoms with Gasteiger partial charge in [-0.25, -0.2) is 4.79 Å². The molecule has 0 saturated heterocycles. The number of amides is 2. The minimum atomic E-state index is -1.04. The third kappa shape index (κ3) is 9.36. The van der Waals surface area contributed by atoms with Gasteiger partial charge < -0.3 is 25.6 Å². The Labute approximate surface area is 267 Å². The number of nitrogens with one attached hydrogen (secondary N) is 2. The van der Waals surface area contributed by atoms with Crippen molar-refractivity contribution in [3.8, 4) is 11.5 Å². The van der Waals surface area contributed by atoms with Crippen LogP contribution in [0.5, 0.6) is 11.5 Å². The second-order valence-electron chi connectivity index (χ2n) is 9.67. The number of nitrogens with two attached hydrogens (primary N) is 1. The number of halogens is 2. The lowest BCUT2D eigenvalue weighted by Crippen LogP contribution is -2.31. The van der Waals surface area contributed by atoms with Crippen LogP contribution >= 0.6 is 31.9 Å². The van der Waals surface area contributed by atoms with Crippen molar-refractivity contribution in [3.63, 3.8) is 0 Å². The number of allylic oxidation sites excluding steroid dienone is 1. The van der Waals surface area contributed by atoms with Crippen molar-refractivity contribution in [1.29, 1.82) is 0 Å². The van der Waals surface area contributed by atoms with Gasteiger partial charge in [-0.1, -0.05) is 70.0 Å². The standard InChI is InChI=1S/C33H31Br2N3O5/c1-21-15-17-23(18-16-21)37-33(41)43-32(25-19-22(34)20-26(35)31(25)40)29(42-24-9-3-2-4-10-24)13-7-8-14-30(39)38-28-12-6-5-11-27(28)36/h2-6,8-12,14-20,29,32,40H,7,13,36H2,1H3,(H,37,41)(H,38,39)/b14-8+/t29-,32-/m0/s1. The van der Waals surface area contributed by atoms with Crippen molar-refractivity contribution in [2.75, 3.05) is 16.4 Å². The summed E-state index contributed by atoms with van der Waals surface area (Å²) in [4.78, 5) is 25.7. The van der Waals surface area contributed by atoms with Crippen molar-refractivity contribution in [2.45, 2.75) is 32.0 Å². The van der Waals surface area contributed by atoms with Crippen molar-refractivity contribution < 1.29 is 24.2 Å². The molecular formula is C33H31Br2N3O5. The number of aryl methyl sites for hydroxylation is 1. The highest BCUT2D eigenvalue weighted by atomic mass is 79.9. The van der Waals surface area contributed by atoms with Gasteiger partial charge in [0.2, 0.25) is 5.91 Å². The summed E-state index contributed by atoms with van der Waals surface area (Å²) in [5.74, 6) is 0.125. The maximum Gasteiger partial charge on any atom is 0.412 e. The molecular weight excluding hydrogens is 678 g/mol. The van der Waals surface area contributed by atoms with E-state index < -0.39 is 18.3 Å². The smallest absolute Gasteiger partial charge is 0.412 e.